The van der Waals surface area contributed by atoms with Crippen molar-refractivity contribution in [2.24, 2.45) is 5.73 Å². The van der Waals surface area contributed by atoms with E-state index in [1.165, 1.54) is 18.4 Å². The highest BCUT2D eigenvalue weighted by Gasteiger charge is 2.15. The maximum atomic E-state index is 12.3. The molecule has 1 aromatic carbocycles. The molecular formula is C14H14N2O3S2. The van der Waals surface area contributed by atoms with Gasteiger partial charge in [-0.3, -0.25) is 4.79 Å². The van der Waals surface area contributed by atoms with Crippen LogP contribution in [0.5, 0.6) is 11.5 Å². The number of ether oxygens (including phenoxy) is 2. The summed E-state index contributed by atoms with van der Waals surface area (Å²) in [6, 6.07) is 8.83. The van der Waals surface area contributed by atoms with Gasteiger partial charge in [0.15, 0.2) is 0 Å². The van der Waals surface area contributed by atoms with Crippen molar-refractivity contribution in [1.29, 1.82) is 0 Å². The summed E-state index contributed by atoms with van der Waals surface area (Å²) in [4.78, 5) is 13.0. The fourth-order valence-corrected chi connectivity index (χ4v) is 2.46. The van der Waals surface area contributed by atoms with Crippen LogP contribution in [0.25, 0.3) is 0 Å². The average molecular weight is 322 g/mol. The summed E-state index contributed by atoms with van der Waals surface area (Å²) in [6.07, 6.45) is 0. The van der Waals surface area contributed by atoms with Crippen molar-refractivity contribution in [3.05, 3.63) is 40.6 Å². The molecule has 3 N–H and O–H groups in total. The lowest BCUT2D eigenvalue weighted by Crippen LogP contribution is -2.19. The van der Waals surface area contributed by atoms with Gasteiger partial charge < -0.3 is 20.5 Å². The molecule has 0 aliphatic heterocycles. The number of hydrogen-bond donors (Lipinski definition) is 2. The second-order valence-corrected chi connectivity index (χ2v) is 5.46. The van der Waals surface area contributed by atoms with Gasteiger partial charge in [-0.25, -0.2) is 0 Å². The van der Waals surface area contributed by atoms with Gasteiger partial charge in [0.25, 0.3) is 5.91 Å². The largest absolute Gasteiger partial charge is 0.495 e. The van der Waals surface area contributed by atoms with E-state index in [1.807, 2.05) is 0 Å². The van der Waals surface area contributed by atoms with E-state index in [0.717, 1.165) is 0 Å². The highest BCUT2D eigenvalue weighted by Crippen LogP contribution is 2.28. The average Bonchev–Trinajstić information content (AvgIpc) is 2.94. The molecule has 2 rings (SSSR count). The Morgan fingerprint density at radius 3 is 2.81 bits per heavy atom. The Balaban J connectivity index is 2.15. The topological polar surface area (TPSA) is 73.6 Å². The maximum absolute atomic E-state index is 12.3. The van der Waals surface area contributed by atoms with Gasteiger partial charge in [-0.15, -0.1) is 11.3 Å². The summed E-state index contributed by atoms with van der Waals surface area (Å²) < 4.78 is 10.6. The molecule has 1 aromatic heterocycles. The van der Waals surface area contributed by atoms with Crippen molar-refractivity contribution < 1.29 is 14.3 Å². The number of benzene rings is 1. The first-order chi connectivity index (χ1) is 10.1. The highest BCUT2D eigenvalue weighted by atomic mass is 32.1. The molecule has 0 spiro atoms. The van der Waals surface area contributed by atoms with Gasteiger partial charge in [-0.1, -0.05) is 24.4 Å². The molecule has 7 heteroatoms. The summed E-state index contributed by atoms with van der Waals surface area (Å²) >= 11 is 6.08. The predicted molar refractivity (Wildman–Crippen MR) is 87.5 cm³/mol. The highest BCUT2D eigenvalue weighted by molar-refractivity contribution is 7.80. The lowest BCUT2D eigenvalue weighted by atomic mass is 10.3. The van der Waals surface area contributed by atoms with E-state index < -0.39 is 0 Å². The third-order valence-corrected chi connectivity index (χ3v) is 3.57. The van der Waals surface area contributed by atoms with Crippen molar-refractivity contribution in [2.75, 3.05) is 19.0 Å². The van der Waals surface area contributed by atoms with E-state index in [-0.39, 0.29) is 17.5 Å². The minimum atomic E-state index is -0.256. The predicted octanol–water partition coefficient (Wildman–Crippen LogP) is 2.67. The van der Waals surface area contributed by atoms with Crippen LogP contribution in [-0.4, -0.2) is 24.6 Å². The Kier molecular flexibility index (Phi) is 5.13. The van der Waals surface area contributed by atoms with E-state index in [0.29, 0.717) is 22.1 Å². The van der Waals surface area contributed by atoms with Crippen molar-refractivity contribution in [3.8, 4) is 11.5 Å². The van der Waals surface area contributed by atoms with E-state index in [1.54, 1.807) is 35.7 Å². The number of anilines is 1. The summed E-state index contributed by atoms with van der Waals surface area (Å²) in [6.45, 7) is 0.116. The zero-order chi connectivity index (χ0) is 15.2. The molecule has 2 aromatic rings. The zero-order valence-corrected chi connectivity index (χ0v) is 12.9. The summed E-state index contributed by atoms with van der Waals surface area (Å²) in [5.41, 5.74) is 5.96. The number of methoxy groups -OCH3 is 1. The fourth-order valence-electron chi connectivity index (χ4n) is 1.65. The molecule has 110 valence electrons. The van der Waals surface area contributed by atoms with Gasteiger partial charge in [0.05, 0.1) is 12.8 Å². The monoisotopic (exact) mass is 322 g/mol. The molecule has 0 atom stereocenters. The molecule has 0 fully saturated rings. The van der Waals surface area contributed by atoms with E-state index >= 15 is 0 Å². The number of para-hydroxylation sites is 2. The first kappa shape index (κ1) is 15.3. The fraction of sp³-hybridized carbons (Fsp3) is 0.143. The number of nitrogens with two attached hydrogens (primary N) is 1. The Bertz CT molecular complexity index is 655. The van der Waals surface area contributed by atoms with Gasteiger partial charge in [0.2, 0.25) is 0 Å². The Labute approximate surface area is 131 Å². The lowest BCUT2D eigenvalue weighted by molar-refractivity contribution is 0.102. The molecule has 1 heterocycles. The second-order valence-electron chi connectivity index (χ2n) is 4.02. The maximum Gasteiger partial charge on any atom is 0.269 e. The summed E-state index contributed by atoms with van der Waals surface area (Å²) in [7, 11) is 1.53. The van der Waals surface area contributed by atoms with Crippen LogP contribution in [0.4, 0.5) is 5.69 Å². The number of amides is 1. The van der Waals surface area contributed by atoms with Crippen molar-refractivity contribution in [3.63, 3.8) is 0 Å². The molecule has 5 nitrogen and oxygen atoms in total. The van der Waals surface area contributed by atoms with Crippen LogP contribution < -0.4 is 20.5 Å². The van der Waals surface area contributed by atoms with Crippen LogP contribution >= 0.6 is 23.6 Å². The van der Waals surface area contributed by atoms with E-state index in [9.17, 15) is 4.79 Å². The number of rotatable bonds is 6. The number of carbonyl (C=O) groups excluding carboxylic acids is 1. The number of carbonyl (C=O) groups is 1. The molecule has 0 saturated heterocycles. The summed E-state index contributed by atoms with van der Waals surface area (Å²) in [5, 5.41) is 4.59. The molecule has 0 aliphatic carbocycles. The third-order valence-electron chi connectivity index (χ3n) is 2.56. The zero-order valence-electron chi connectivity index (χ0n) is 11.3. The molecule has 0 bridgehead atoms. The Hall–Kier alpha value is -2.12. The Morgan fingerprint density at radius 2 is 2.10 bits per heavy atom. The standard InChI is InChI=1S/C14H14N2O3S2/c1-18-11-6-7-21-13(11)14(17)16-9-4-2-3-5-10(9)19-8-12(15)20/h2-7H,8H2,1H3,(H2,15,20)(H,16,17). The normalized spacial score (nSPS) is 9.95. The van der Waals surface area contributed by atoms with Crippen LogP contribution in [0.15, 0.2) is 35.7 Å². The van der Waals surface area contributed by atoms with Gasteiger partial charge in [0.1, 0.15) is 28.0 Å². The molecular weight excluding hydrogens is 308 g/mol. The minimum absolute atomic E-state index is 0.116. The molecule has 0 saturated carbocycles. The van der Waals surface area contributed by atoms with Crippen LogP contribution in [-0.2, 0) is 0 Å². The van der Waals surface area contributed by atoms with Crippen LogP contribution in [0.3, 0.4) is 0 Å². The van der Waals surface area contributed by atoms with Crippen LogP contribution in [0.2, 0.25) is 0 Å². The second kappa shape index (κ2) is 7.05. The molecule has 1 amide bonds. The first-order valence-electron chi connectivity index (χ1n) is 6.04. The molecule has 0 aliphatic rings. The molecule has 0 unspecified atom stereocenters. The van der Waals surface area contributed by atoms with Crippen molar-refractivity contribution in [1.82, 2.24) is 0 Å². The van der Waals surface area contributed by atoms with Gasteiger partial charge >= 0.3 is 0 Å². The van der Waals surface area contributed by atoms with Gasteiger partial charge in [-0.05, 0) is 23.6 Å². The molecule has 21 heavy (non-hydrogen) atoms. The number of thiocarbonyl (C=S) groups is 1. The first-order valence-corrected chi connectivity index (χ1v) is 7.33. The van der Waals surface area contributed by atoms with Crippen LogP contribution in [0.1, 0.15) is 9.67 Å². The number of nitrogens with one attached hydrogen (secondary N) is 1. The van der Waals surface area contributed by atoms with Crippen molar-refractivity contribution in [2.45, 2.75) is 0 Å². The minimum Gasteiger partial charge on any atom is -0.495 e. The number of hydrogen-bond acceptors (Lipinski definition) is 5. The van der Waals surface area contributed by atoms with Crippen molar-refractivity contribution >= 4 is 40.1 Å². The van der Waals surface area contributed by atoms with Gasteiger partial charge in [-0.2, -0.15) is 0 Å². The SMILES string of the molecule is COc1ccsc1C(=O)Nc1ccccc1OCC(N)=S. The van der Waals surface area contributed by atoms with Gasteiger partial charge in [0, 0.05) is 0 Å². The lowest BCUT2D eigenvalue weighted by Gasteiger charge is -2.11. The smallest absolute Gasteiger partial charge is 0.269 e. The van der Waals surface area contributed by atoms with Crippen LogP contribution in [0, 0.1) is 0 Å². The Morgan fingerprint density at radius 1 is 1.33 bits per heavy atom. The van der Waals surface area contributed by atoms with E-state index in [2.05, 4.69) is 5.32 Å². The summed E-state index contributed by atoms with van der Waals surface area (Å²) in [5.74, 6) is 0.793. The quantitative estimate of drug-likeness (QED) is 0.800. The molecule has 0 radical (unpaired) electrons. The third kappa shape index (κ3) is 3.93. The number of thiophene rings is 1. The van der Waals surface area contributed by atoms with E-state index in [4.69, 9.17) is 27.4 Å².